The van der Waals surface area contributed by atoms with Crippen molar-refractivity contribution in [2.24, 2.45) is 5.92 Å². The summed E-state index contributed by atoms with van der Waals surface area (Å²) in [7, 11) is 0. The van der Waals surface area contributed by atoms with Gasteiger partial charge < -0.3 is 5.32 Å². The minimum Gasteiger partial charge on any atom is -0.358 e. The fourth-order valence-corrected chi connectivity index (χ4v) is 4.47. The zero-order valence-electron chi connectivity index (χ0n) is 11.9. The number of nitrogens with zero attached hydrogens (tertiary/aromatic N) is 1. The molecule has 0 saturated heterocycles. The van der Waals surface area contributed by atoms with Crippen LogP contribution in [0.25, 0.3) is 10.2 Å². The quantitative estimate of drug-likeness (QED) is 0.748. The van der Waals surface area contributed by atoms with E-state index in [-0.39, 0.29) is 0 Å². The maximum atomic E-state index is 4.73. The van der Waals surface area contributed by atoms with Gasteiger partial charge in [-0.3, -0.25) is 0 Å². The molecule has 1 aliphatic rings. The van der Waals surface area contributed by atoms with Crippen molar-refractivity contribution in [2.45, 2.75) is 51.5 Å². The van der Waals surface area contributed by atoms with Crippen LogP contribution in [0.4, 0.5) is 5.13 Å². The molecular weight excluding hydrogens is 332 g/mol. The molecule has 0 amide bonds. The first-order valence-electron chi connectivity index (χ1n) is 7.59. The Morgan fingerprint density at radius 2 is 2.15 bits per heavy atom. The standard InChI is InChI=1S/C16H21BrN2S/c1-2-13(11-6-4-3-5-7-11)18-16-19-14-10-12(17)8-9-15(14)20-16/h8-11,13H,2-7H2,1H3,(H,18,19). The number of anilines is 1. The molecular formula is C16H21BrN2S. The number of nitrogens with one attached hydrogen (secondary N) is 1. The number of benzene rings is 1. The van der Waals surface area contributed by atoms with Gasteiger partial charge in [0.2, 0.25) is 0 Å². The first kappa shape index (κ1) is 14.3. The van der Waals surface area contributed by atoms with E-state index in [1.54, 1.807) is 11.3 Å². The Hall–Kier alpha value is -0.610. The molecule has 2 nitrogen and oxygen atoms in total. The lowest BCUT2D eigenvalue weighted by Crippen LogP contribution is -2.29. The number of halogens is 1. The second-order valence-corrected chi connectivity index (χ2v) is 7.63. The minimum atomic E-state index is 0.583. The zero-order chi connectivity index (χ0) is 13.9. The van der Waals surface area contributed by atoms with E-state index in [0.717, 1.165) is 21.0 Å². The number of rotatable bonds is 4. The summed E-state index contributed by atoms with van der Waals surface area (Å²) in [5.41, 5.74) is 1.09. The maximum absolute atomic E-state index is 4.73. The molecule has 1 unspecified atom stereocenters. The first-order valence-corrected chi connectivity index (χ1v) is 9.20. The van der Waals surface area contributed by atoms with Gasteiger partial charge in [-0.25, -0.2) is 4.98 Å². The summed E-state index contributed by atoms with van der Waals surface area (Å²) in [4.78, 5) is 4.73. The third-order valence-electron chi connectivity index (χ3n) is 4.32. The van der Waals surface area contributed by atoms with Gasteiger partial charge in [0.15, 0.2) is 5.13 Å². The Kier molecular flexibility index (Phi) is 4.61. The summed E-state index contributed by atoms with van der Waals surface area (Å²) in [5, 5.41) is 4.78. The summed E-state index contributed by atoms with van der Waals surface area (Å²) in [6, 6.07) is 6.91. The zero-order valence-corrected chi connectivity index (χ0v) is 14.3. The number of fused-ring (bicyclic) bond motifs is 1. The molecule has 1 fully saturated rings. The topological polar surface area (TPSA) is 24.9 Å². The Morgan fingerprint density at radius 3 is 2.90 bits per heavy atom. The van der Waals surface area contributed by atoms with Crippen molar-refractivity contribution >= 4 is 42.6 Å². The smallest absolute Gasteiger partial charge is 0.184 e. The van der Waals surface area contributed by atoms with Gasteiger partial charge in [0.05, 0.1) is 10.2 Å². The molecule has 3 rings (SSSR count). The molecule has 0 bridgehead atoms. The Bertz CT molecular complexity index is 575. The lowest BCUT2D eigenvalue weighted by atomic mass is 9.83. The fraction of sp³-hybridized carbons (Fsp3) is 0.562. The molecule has 0 radical (unpaired) electrons. The van der Waals surface area contributed by atoms with Crippen LogP contribution in [-0.2, 0) is 0 Å². The molecule has 108 valence electrons. The second kappa shape index (κ2) is 6.44. The van der Waals surface area contributed by atoms with Crippen LogP contribution in [0, 0.1) is 5.92 Å². The highest BCUT2D eigenvalue weighted by Gasteiger charge is 2.23. The summed E-state index contributed by atoms with van der Waals surface area (Å²) in [5.74, 6) is 0.826. The van der Waals surface area contributed by atoms with Crippen LogP contribution in [0.5, 0.6) is 0 Å². The van der Waals surface area contributed by atoms with E-state index in [0.29, 0.717) is 6.04 Å². The Morgan fingerprint density at radius 1 is 1.35 bits per heavy atom. The molecule has 20 heavy (non-hydrogen) atoms. The largest absolute Gasteiger partial charge is 0.358 e. The van der Waals surface area contributed by atoms with Crippen molar-refractivity contribution < 1.29 is 0 Å². The number of hydrogen-bond donors (Lipinski definition) is 1. The van der Waals surface area contributed by atoms with E-state index < -0.39 is 0 Å². The van der Waals surface area contributed by atoms with Gasteiger partial charge in [-0.1, -0.05) is 53.5 Å². The fourth-order valence-electron chi connectivity index (χ4n) is 3.21. The summed E-state index contributed by atoms with van der Waals surface area (Å²) in [6.45, 7) is 2.29. The number of hydrogen-bond acceptors (Lipinski definition) is 3. The molecule has 4 heteroatoms. The monoisotopic (exact) mass is 352 g/mol. The van der Waals surface area contributed by atoms with Gasteiger partial charge >= 0.3 is 0 Å². The normalized spacial score (nSPS) is 18.3. The molecule has 1 N–H and O–H groups in total. The van der Waals surface area contributed by atoms with Crippen LogP contribution < -0.4 is 5.32 Å². The highest BCUT2D eigenvalue weighted by molar-refractivity contribution is 9.10. The Labute approximate surface area is 133 Å². The average molecular weight is 353 g/mol. The lowest BCUT2D eigenvalue weighted by Gasteiger charge is -2.30. The van der Waals surface area contributed by atoms with Crippen LogP contribution in [-0.4, -0.2) is 11.0 Å². The van der Waals surface area contributed by atoms with Crippen LogP contribution in [0.1, 0.15) is 45.4 Å². The molecule has 0 aliphatic heterocycles. The molecule has 1 atom stereocenters. The highest BCUT2D eigenvalue weighted by atomic mass is 79.9. The molecule has 1 saturated carbocycles. The Balaban J connectivity index is 1.76. The van der Waals surface area contributed by atoms with Crippen LogP contribution >= 0.6 is 27.3 Å². The summed E-state index contributed by atoms with van der Waals surface area (Å²) >= 11 is 5.28. The van der Waals surface area contributed by atoms with Gasteiger partial charge in [0.25, 0.3) is 0 Å². The van der Waals surface area contributed by atoms with E-state index in [9.17, 15) is 0 Å². The van der Waals surface area contributed by atoms with Crippen LogP contribution in [0.2, 0.25) is 0 Å². The maximum Gasteiger partial charge on any atom is 0.184 e. The van der Waals surface area contributed by atoms with Crippen molar-refractivity contribution in [3.8, 4) is 0 Å². The molecule has 1 aromatic carbocycles. The molecule has 0 spiro atoms. The molecule has 1 aliphatic carbocycles. The third-order valence-corrected chi connectivity index (χ3v) is 5.78. The first-order chi connectivity index (χ1) is 9.76. The van der Waals surface area contributed by atoms with E-state index >= 15 is 0 Å². The molecule has 1 heterocycles. The van der Waals surface area contributed by atoms with Crippen LogP contribution in [0.3, 0.4) is 0 Å². The van der Waals surface area contributed by atoms with Crippen molar-refractivity contribution in [3.05, 3.63) is 22.7 Å². The molecule has 1 aromatic heterocycles. The second-order valence-electron chi connectivity index (χ2n) is 5.69. The number of aromatic nitrogens is 1. The highest BCUT2D eigenvalue weighted by Crippen LogP contribution is 2.33. The van der Waals surface area contributed by atoms with Crippen molar-refractivity contribution in [3.63, 3.8) is 0 Å². The molecule has 2 aromatic rings. The van der Waals surface area contributed by atoms with E-state index in [1.807, 2.05) is 0 Å². The predicted octanol–water partition coefficient (Wildman–Crippen LogP) is 5.83. The van der Waals surface area contributed by atoms with E-state index in [2.05, 4.69) is 46.4 Å². The van der Waals surface area contributed by atoms with Crippen molar-refractivity contribution in [2.75, 3.05) is 5.32 Å². The van der Waals surface area contributed by atoms with Crippen molar-refractivity contribution in [1.82, 2.24) is 4.98 Å². The predicted molar refractivity (Wildman–Crippen MR) is 91.6 cm³/mol. The van der Waals surface area contributed by atoms with E-state index in [4.69, 9.17) is 4.98 Å². The van der Waals surface area contributed by atoms with Gasteiger partial charge in [-0.15, -0.1) is 0 Å². The van der Waals surface area contributed by atoms with Crippen molar-refractivity contribution in [1.29, 1.82) is 0 Å². The van der Waals surface area contributed by atoms with Gasteiger partial charge in [0, 0.05) is 10.5 Å². The van der Waals surface area contributed by atoms with Gasteiger partial charge in [-0.05, 0) is 43.4 Å². The van der Waals surface area contributed by atoms with Gasteiger partial charge in [-0.2, -0.15) is 0 Å². The summed E-state index contributed by atoms with van der Waals surface area (Å²) in [6.07, 6.45) is 8.15. The summed E-state index contributed by atoms with van der Waals surface area (Å²) < 4.78 is 2.36. The number of thiazole rings is 1. The minimum absolute atomic E-state index is 0.583. The average Bonchev–Trinajstić information content (AvgIpc) is 2.87. The SMILES string of the molecule is CCC(Nc1nc2cc(Br)ccc2s1)C1CCCCC1. The van der Waals surface area contributed by atoms with Crippen LogP contribution in [0.15, 0.2) is 22.7 Å². The van der Waals surface area contributed by atoms with Gasteiger partial charge in [0.1, 0.15) is 0 Å². The van der Waals surface area contributed by atoms with E-state index in [1.165, 1.54) is 43.2 Å². The lowest BCUT2D eigenvalue weighted by molar-refractivity contribution is 0.313. The third kappa shape index (κ3) is 3.17.